The molecule has 0 aliphatic rings. The lowest BCUT2D eigenvalue weighted by Gasteiger charge is -2.15. The fourth-order valence-corrected chi connectivity index (χ4v) is 2.49. The Morgan fingerprint density at radius 3 is 2.36 bits per heavy atom. The Kier molecular flexibility index (Phi) is 8.62. The number of hydrogen-bond donors (Lipinski definition) is 1. The number of para-hydroxylation sites is 2. The maximum atomic E-state index is 12.1. The highest BCUT2D eigenvalue weighted by atomic mass is 35.5. The van der Waals surface area contributed by atoms with E-state index < -0.39 is 18.0 Å². The highest BCUT2D eigenvalue weighted by Gasteiger charge is 2.18. The SMILES string of the molecule is CCCOc1ccccc1OCC(=O)O[C@@H](C)C(=O)NCc1ccccc1Cl. The van der Waals surface area contributed by atoms with E-state index >= 15 is 0 Å². The molecular weight excluding hydrogens is 382 g/mol. The van der Waals surface area contributed by atoms with Crippen LogP contribution in [0.3, 0.4) is 0 Å². The summed E-state index contributed by atoms with van der Waals surface area (Å²) in [7, 11) is 0. The Morgan fingerprint density at radius 1 is 1.04 bits per heavy atom. The van der Waals surface area contributed by atoms with Gasteiger partial charge in [0.1, 0.15) is 0 Å². The number of benzene rings is 2. The standard InChI is InChI=1S/C21H24ClNO5/c1-3-12-26-18-10-6-7-11-19(18)27-14-20(24)28-15(2)21(25)23-13-16-8-4-5-9-17(16)22/h4-11,15H,3,12-14H2,1-2H3,(H,23,25)/t15-/m0/s1. The van der Waals surface area contributed by atoms with Crippen molar-refractivity contribution >= 4 is 23.5 Å². The molecule has 28 heavy (non-hydrogen) atoms. The third-order valence-electron chi connectivity index (χ3n) is 3.74. The van der Waals surface area contributed by atoms with Crippen LogP contribution in [0, 0.1) is 0 Å². The van der Waals surface area contributed by atoms with Crippen molar-refractivity contribution in [1.29, 1.82) is 0 Å². The summed E-state index contributed by atoms with van der Waals surface area (Å²) in [5.74, 6) is -0.0583. The second kappa shape index (κ2) is 11.2. The number of carbonyl (C=O) groups is 2. The summed E-state index contributed by atoms with van der Waals surface area (Å²) in [5, 5.41) is 3.25. The molecule has 0 spiro atoms. The molecule has 1 N–H and O–H groups in total. The number of nitrogens with one attached hydrogen (secondary N) is 1. The molecule has 0 saturated carbocycles. The van der Waals surface area contributed by atoms with Crippen LogP contribution in [-0.4, -0.2) is 31.2 Å². The van der Waals surface area contributed by atoms with Crippen molar-refractivity contribution in [2.24, 2.45) is 0 Å². The quantitative estimate of drug-likeness (QED) is 0.609. The minimum atomic E-state index is -0.954. The van der Waals surface area contributed by atoms with Crippen LogP contribution in [0.2, 0.25) is 5.02 Å². The first-order valence-corrected chi connectivity index (χ1v) is 9.44. The van der Waals surface area contributed by atoms with E-state index in [-0.39, 0.29) is 13.2 Å². The van der Waals surface area contributed by atoms with Gasteiger partial charge in [0.25, 0.3) is 5.91 Å². The number of carbonyl (C=O) groups excluding carboxylic acids is 2. The van der Waals surface area contributed by atoms with E-state index in [2.05, 4.69) is 5.32 Å². The molecule has 0 aromatic heterocycles. The molecule has 2 aromatic carbocycles. The Morgan fingerprint density at radius 2 is 1.68 bits per heavy atom. The van der Waals surface area contributed by atoms with E-state index in [1.807, 2.05) is 31.2 Å². The predicted molar refractivity (Wildman–Crippen MR) is 107 cm³/mol. The lowest BCUT2D eigenvalue weighted by atomic mass is 10.2. The maximum absolute atomic E-state index is 12.1. The minimum absolute atomic E-state index is 0.249. The van der Waals surface area contributed by atoms with Crippen molar-refractivity contribution in [1.82, 2.24) is 5.32 Å². The summed E-state index contributed by atoms with van der Waals surface area (Å²) in [6.45, 7) is 3.97. The lowest BCUT2D eigenvalue weighted by Crippen LogP contribution is -2.36. The van der Waals surface area contributed by atoms with Crippen LogP contribution < -0.4 is 14.8 Å². The van der Waals surface area contributed by atoms with Crippen molar-refractivity contribution in [2.75, 3.05) is 13.2 Å². The average Bonchev–Trinajstić information content (AvgIpc) is 2.70. The molecular formula is C21H24ClNO5. The Bertz CT molecular complexity index is 796. The number of halogens is 1. The van der Waals surface area contributed by atoms with E-state index in [0.717, 1.165) is 12.0 Å². The minimum Gasteiger partial charge on any atom is -0.490 e. The second-order valence-electron chi connectivity index (χ2n) is 6.03. The summed E-state index contributed by atoms with van der Waals surface area (Å²) in [6.07, 6.45) is -0.0952. The summed E-state index contributed by atoms with van der Waals surface area (Å²) >= 11 is 6.05. The third kappa shape index (κ3) is 6.78. The van der Waals surface area contributed by atoms with Gasteiger partial charge in [-0.1, -0.05) is 48.9 Å². The van der Waals surface area contributed by atoms with E-state index in [9.17, 15) is 9.59 Å². The van der Waals surface area contributed by atoms with Gasteiger partial charge >= 0.3 is 5.97 Å². The molecule has 2 rings (SSSR count). The fraction of sp³-hybridized carbons (Fsp3) is 0.333. The summed E-state index contributed by atoms with van der Waals surface area (Å²) in [5.41, 5.74) is 0.781. The molecule has 6 nitrogen and oxygen atoms in total. The number of ether oxygens (including phenoxy) is 3. The van der Waals surface area contributed by atoms with Crippen molar-refractivity contribution in [2.45, 2.75) is 32.9 Å². The van der Waals surface area contributed by atoms with Crippen molar-refractivity contribution in [3.63, 3.8) is 0 Å². The second-order valence-corrected chi connectivity index (χ2v) is 6.43. The molecule has 0 aliphatic carbocycles. The summed E-state index contributed by atoms with van der Waals surface area (Å²) < 4.78 is 16.2. The predicted octanol–water partition coefficient (Wildman–Crippen LogP) is 3.76. The topological polar surface area (TPSA) is 73.9 Å². The van der Waals surface area contributed by atoms with Crippen molar-refractivity contribution in [3.05, 3.63) is 59.1 Å². The summed E-state index contributed by atoms with van der Waals surface area (Å²) in [6, 6.07) is 14.3. The Labute approximate surface area is 169 Å². The van der Waals surface area contributed by atoms with Gasteiger partial charge in [-0.2, -0.15) is 0 Å². The number of rotatable bonds is 10. The largest absolute Gasteiger partial charge is 0.490 e. The highest BCUT2D eigenvalue weighted by Crippen LogP contribution is 2.26. The molecule has 1 atom stereocenters. The van der Waals surface area contributed by atoms with Gasteiger partial charge in [-0.05, 0) is 37.1 Å². The lowest BCUT2D eigenvalue weighted by molar-refractivity contribution is -0.156. The first kappa shape index (κ1) is 21.6. The van der Waals surface area contributed by atoms with Crippen LogP contribution in [0.5, 0.6) is 11.5 Å². The number of esters is 1. The molecule has 0 fully saturated rings. The summed E-state index contributed by atoms with van der Waals surface area (Å²) in [4.78, 5) is 24.1. The highest BCUT2D eigenvalue weighted by molar-refractivity contribution is 6.31. The van der Waals surface area contributed by atoms with E-state index in [1.54, 1.807) is 24.3 Å². The van der Waals surface area contributed by atoms with Gasteiger partial charge in [-0.15, -0.1) is 0 Å². The molecule has 2 aromatic rings. The van der Waals surface area contributed by atoms with Crippen LogP contribution >= 0.6 is 11.6 Å². The molecule has 0 bridgehead atoms. The van der Waals surface area contributed by atoms with Gasteiger partial charge in [0, 0.05) is 11.6 Å². The fourth-order valence-electron chi connectivity index (χ4n) is 2.29. The average molecular weight is 406 g/mol. The zero-order valence-corrected chi connectivity index (χ0v) is 16.7. The van der Waals surface area contributed by atoms with Gasteiger partial charge in [-0.25, -0.2) is 4.79 Å². The van der Waals surface area contributed by atoms with Gasteiger partial charge in [-0.3, -0.25) is 4.79 Å². The maximum Gasteiger partial charge on any atom is 0.344 e. The number of hydrogen-bond acceptors (Lipinski definition) is 5. The van der Waals surface area contributed by atoms with Gasteiger partial charge in [0.15, 0.2) is 24.2 Å². The van der Waals surface area contributed by atoms with Gasteiger partial charge in [0.2, 0.25) is 0 Å². The zero-order chi connectivity index (χ0) is 20.4. The molecule has 0 aliphatic heterocycles. The molecule has 1 amide bonds. The number of amides is 1. The molecule has 7 heteroatoms. The molecule has 0 saturated heterocycles. The van der Waals surface area contributed by atoms with E-state index in [1.165, 1.54) is 6.92 Å². The molecule has 150 valence electrons. The van der Waals surface area contributed by atoms with Gasteiger partial charge < -0.3 is 19.5 Å². The van der Waals surface area contributed by atoms with Crippen LogP contribution in [0.15, 0.2) is 48.5 Å². The van der Waals surface area contributed by atoms with E-state index in [4.69, 9.17) is 25.8 Å². The van der Waals surface area contributed by atoms with Crippen LogP contribution in [-0.2, 0) is 20.9 Å². The van der Waals surface area contributed by atoms with Gasteiger partial charge in [0.05, 0.1) is 6.61 Å². The Hall–Kier alpha value is -2.73. The smallest absolute Gasteiger partial charge is 0.344 e. The zero-order valence-electron chi connectivity index (χ0n) is 15.9. The third-order valence-corrected chi connectivity index (χ3v) is 4.11. The van der Waals surface area contributed by atoms with Crippen LogP contribution in [0.25, 0.3) is 0 Å². The van der Waals surface area contributed by atoms with Crippen LogP contribution in [0.1, 0.15) is 25.8 Å². The first-order valence-electron chi connectivity index (χ1n) is 9.06. The van der Waals surface area contributed by atoms with Crippen molar-refractivity contribution in [3.8, 4) is 11.5 Å². The normalized spacial score (nSPS) is 11.4. The van der Waals surface area contributed by atoms with Crippen LogP contribution in [0.4, 0.5) is 0 Å². The molecule has 0 heterocycles. The molecule has 0 unspecified atom stereocenters. The first-order chi connectivity index (χ1) is 13.5. The molecule has 0 radical (unpaired) electrons. The monoisotopic (exact) mass is 405 g/mol. The van der Waals surface area contributed by atoms with Crippen molar-refractivity contribution < 1.29 is 23.8 Å². The Balaban J connectivity index is 1.79. The van der Waals surface area contributed by atoms with E-state index in [0.29, 0.717) is 23.1 Å².